The zero-order valence-electron chi connectivity index (χ0n) is 11.0. The van der Waals surface area contributed by atoms with Gasteiger partial charge in [-0.15, -0.1) is 11.3 Å². The molecular weight excluding hydrogens is 256 g/mol. The van der Waals surface area contributed by atoms with Crippen LogP contribution in [0.1, 0.15) is 29.9 Å². The standard InChI is InChI=1S/C14H16N4S/c1-10(12-4-3-5-15-8-12)16-9-13-11(2)17-14-18(13)6-7-19-14/h3-8,10,16H,9H2,1-2H3/t10-/m0/s1. The zero-order valence-corrected chi connectivity index (χ0v) is 11.8. The molecule has 0 fully saturated rings. The molecule has 3 aromatic rings. The fourth-order valence-electron chi connectivity index (χ4n) is 2.15. The van der Waals surface area contributed by atoms with Crippen LogP contribution in [0, 0.1) is 6.92 Å². The van der Waals surface area contributed by atoms with Crippen molar-refractivity contribution in [3.8, 4) is 0 Å². The Balaban J connectivity index is 1.76. The summed E-state index contributed by atoms with van der Waals surface area (Å²) in [6, 6.07) is 4.33. The van der Waals surface area contributed by atoms with Crippen molar-refractivity contribution in [2.75, 3.05) is 0 Å². The Bertz CT molecular complexity index is 671. The first-order chi connectivity index (χ1) is 9.25. The van der Waals surface area contributed by atoms with Gasteiger partial charge in [-0.25, -0.2) is 4.98 Å². The molecule has 4 nitrogen and oxygen atoms in total. The third kappa shape index (κ3) is 2.39. The van der Waals surface area contributed by atoms with Crippen LogP contribution in [-0.2, 0) is 6.54 Å². The highest BCUT2D eigenvalue weighted by Crippen LogP contribution is 2.18. The van der Waals surface area contributed by atoms with Crippen LogP contribution >= 0.6 is 11.3 Å². The van der Waals surface area contributed by atoms with Gasteiger partial charge in [0.2, 0.25) is 0 Å². The Morgan fingerprint density at radius 3 is 3.16 bits per heavy atom. The molecule has 3 heterocycles. The van der Waals surface area contributed by atoms with Gasteiger partial charge in [-0.3, -0.25) is 9.38 Å². The predicted molar refractivity (Wildman–Crippen MR) is 77.3 cm³/mol. The van der Waals surface area contributed by atoms with Crippen molar-refractivity contribution >= 4 is 16.3 Å². The van der Waals surface area contributed by atoms with Crippen molar-refractivity contribution in [2.45, 2.75) is 26.4 Å². The van der Waals surface area contributed by atoms with Gasteiger partial charge in [-0.05, 0) is 25.5 Å². The first kappa shape index (κ1) is 12.3. The summed E-state index contributed by atoms with van der Waals surface area (Å²) in [5, 5.41) is 5.59. The number of aryl methyl sites for hydroxylation is 1. The van der Waals surface area contributed by atoms with Crippen molar-refractivity contribution in [2.24, 2.45) is 0 Å². The van der Waals surface area contributed by atoms with Crippen LogP contribution in [-0.4, -0.2) is 14.4 Å². The van der Waals surface area contributed by atoms with Crippen LogP contribution in [0.25, 0.3) is 4.96 Å². The SMILES string of the molecule is Cc1nc2sccn2c1CN[C@@H](C)c1cccnc1. The van der Waals surface area contributed by atoms with E-state index in [0.717, 1.165) is 17.2 Å². The number of hydrogen-bond acceptors (Lipinski definition) is 4. The Morgan fingerprint density at radius 2 is 2.37 bits per heavy atom. The second kappa shape index (κ2) is 5.11. The molecule has 0 saturated heterocycles. The summed E-state index contributed by atoms with van der Waals surface area (Å²) >= 11 is 1.67. The van der Waals surface area contributed by atoms with Crippen molar-refractivity contribution in [1.29, 1.82) is 0 Å². The van der Waals surface area contributed by atoms with E-state index < -0.39 is 0 Å². The Hall–Kier alpha value is -1.72. The molecule has 19 heavy (non-hydrogen) atoms. The lowest BCUT2D eigenvalue weighted by Crippen LogP contribution is -2.19. The maximum Gasteiger partial charge on any atom is 0.194 e. The van der Waals surface area contributed by atoms with Gasteiger partial charge in [0.25, 0.3) is 0 Å². The smallest absolute Gasteiger partial charge is 0.194 e. The highest BCUT2D eigenvalue weighted by Gasteiger charge is 2.11. The van der Waals surface area contributed by atoms with Crippen molar-refractivity contribution < 1.29 is 0 Å². The zero-order chi connectivity index (χ0) is 13.2. The molecule has 0 aliphatic heterocycles. The van der Waals surface area contributed by atoms with Crippen LogP contribution < -0.4 is 5.32 Å². The molecule has 0 radical (unpaired) electrons. The van der Waals surface area contributed by atoms with Crippen LogP contribution in [0.5, 0.6) is 0 Å². The summed E-state index contributed by atoms with van der Waals surface area (Å²) < 4.78 is 2.16. The summed E-state index contributed by atoms with van der Waals surface area (Å²) in [4.78, 5) is 9.77. The molecule has 0 aromatic carbocycles. The van der Waals surface area contributed by atoms with Crippen molar-refractivity contribution in [3.05, 3.63) is 53.1 Å². The molecule has 1 N–H and O–H groups in total. The number of fused-ring (bicyclic) bond motifs is 1. The quantitative estimate of drug-likeness (QED) is 0.794. The summed E-state index contributed by atoms with van der Waals surface area (Å²) in [6.45, 7) is 5.02. The number of nitrogens with zero attached hydrogens (tertiary/aromatic N) is 3. The Labute approximate surface area is 116 Å². The first-order valence-electron chi connectivity index (χ1n) is 6.30. The molecule has 0 amide bonds. The van der Waals surface area contributed by atoms with Gasteiger partial charge >= 0.3 is 0 Å². The van der Waals surface area contributed by atoms with Gasteiger partial charge in [0, 0.05) is 36.6 Å². The highest BCUT2D eigenvalue weighted by molar-refractivity contribution is 7.15. The summed E-state index contributed by atoms with van der Waals surface area (Å²) in [6.07, 6.45) is 5.78. The molecule has 0 unspecified atom stereocenters. The normalized spacial score (nSPS) is 12.9. The van der Waals surface area contributed by atoms with E-state index >= 15 is 0 Å². The molecule has 1 atom stereocenters. The van der Waals surface area contributed by atoms with Gasteiger partial charge < -0.3 is 5.32 Å². The number of aromatic nitrogens is 3. The number of rotatable bonds is 4. The lowest BCUT2D eigenvalue weighted by atomic mass is 10.1. The van der Waals surface area contributed by atoms with E-state index in [4.69, 9.17) is 0 Å². The third-order valence-corrected chi connectivity index (χ3v) is 4.08. The minimum absolute atomic E-state index is 0.275. The fraction of sp³-hybridized carbons (Fsp3) is 0.286. The van der Waals surface area contributed by atoms with Crippen molar-refractivity contribution in [1.82, 2.24) is 19.7 Å². The highest BCUT2D eigenvalue weighted by atomic mass is 32.1. The number of pyridine rings is 1. The van der Waals surface area contributed by atoms with Crippen molar-refractivity contribution in [3.63, 3.8) is 0 Å². The average molecular weight is 272 g/mol. The minimum Gasteiger partial charge on any atom is -0.305 e. The topological polar surface area (TPSA) is 42.2 Å². The lowest BCUT2D eigenvalue weighted by Gasteiger charge is -2.13. The largest absolute Gasteiger partial charge is 0.305 e. The summed E-state index contributed by atoms with van der Waals surface area (Å²) in [7, 11) is 0. The van der Waals surface area contributed by atoms with E-state index in [2.05, 4.69) is 51.2 Å². The van der Waals surface area contributed by atoms with Gasteiger partial charge in [-0.1, -0.05) is 6.07 Å². The third-order valence-electron chi connectivity index (χ3n) is 3.32. The van der Waals surface area contributed by atoms with Gasteiger partial charge in [0.05, 0.1) is 11.4 Å². The van der Waals surface area contributed by atoms with E-state index in [1.54, 1.807) is 17.5 Å². The fourth-order valence-corrected chi connectivity index (χ4v) is 2.93. The number of nitrogens with one attached hydrogen (secondary N) is 1. The molecule has 0 spiro atoms. The monoisotopic (exact) mass is 272 g/mol. The predicted octanol–water partition coefficient (Wildman–Crippen LogP) is 2.95. The van der Waals surface area contributed by atoms with Gasteiger partial charge in [-0.2, -0.15) is 0 Å². The number of thiazole rings is 1. The van der Waals surface area contributed by atoms with Gasteiger partial charge in [0.1, 0.15) is 0 Å². The van der Waals surface area contributed by atoms with E-state index in [1.807, 2.05) is 12.3 Å². The summed E-state index contributed by atoms with van der Waals surface area (Å²) in [5.41, 5.74) is 3.52. The molecule has 3 aromatic heterocycles. The molecule has 98 valence electrons. The maximum atomic E-state index is 4.55. The molecule has 0 aliphatic rings. The van der Waals surface area contributed by atoms with Crippen LogP contribution in [0.2, 0.25) is 0 Å². The van der Waals surface area contributed by atoms with E-state index in [9.17, 15) is 0 Å². The van der Waals surface area contributed by atoms with Crippen LogP contribution in [0.4, 0.5) is 0 Å². The minimum atomic E-state index is 0.275. The molecule has 0 saturated carbocycles. The molecule has 5 heteroatoms. The van der Waals surface area contributed by atoms with E-state index in [1.165, 1.54) is 11.3 Å². The Kier molecular flexibility index (Phi) is 3.31. The second-order valence-corrected chi connectivity index (χ2v) is 5.46. The molecule has 3 rings (SSSR count). The first-order valence-corrected chi connectivity index (χ1v) is 7.18. The molecule has 0 bridgehead atoms. The van der Waals surface area contributed by atoms with Crippen LogP contribution in [0.3, 0.4) is 0 Å². The maximum absolute atomic E-state index is 4.55. The second-order valence-electron chi connectivity index (χ2n) is 4.59. The number of imidazole rings is 1. The van der Waals surface area contributed by atoms with Gasteiger partial charge in [0.15, 0.2) is 4.96 Å². The lowest BCUT2D eigenvalue weighted by molar-refractivity contribution is 0.563. The molecule has 0 aliphatic carbocycles. The average Bonchev–Trinajstić information content (AvgIpc) is 2.98. The Morgan fingerprint density at radius 1 is 1.47 bits per heavy atom. The van der Waals surface area contributed by atoms with Crippen LogP contribution in [0.15, 0.2) is 36.1 Å². The molecular formula is C14H16N4S. The summed E-state index contributed by atoms with van der Waals surface area (Å²) in [5.74, 6) is 0. The van der Waals surface area contributed by atoms with E-state index in [0.29, 0.717) is 0 Å². The number of hydrogen-bond donors (Lipinski definition) is 1. The van der Waals surface area contributed by atoms with E-state index in [-0.39, 0.29) is 6.04 Å².